The van der Waals surface area contributed by atoms with Gasteiger partial charge in [0.1, 0.15) is 0 Å². The van der Waals surface area contributed by atoms with Gasteiger partial charge in [0, 0.05) is 5.92 Å². The van der Waals surface area contributed by atoms with Gasteiger partial charge in [0.15, 0.2) is 0 Å². The number of rotatable bonds is 4. The molecule has 0 saturated carbocycles. The van der Waals surface area contributed by atoms with Gasteiger partial charge >= 0.3 is 0 Å². The van der Waals surface area contributed by atoms with E-state index in [4.69, 9.17) is 0 Å². The molecule has 0 saturated heterocycles. The van der Waals surface area contributed by atoms with Crippen molar-refractivity contribution < 1.29 is 0 Å². The van der Waals surface area contributed by atoms with Crippen molar-refractivity contribution >= 4 is 0 Å². The van der Waals surface area contributed by atoms with Gasteiger partial charge in [-0.3, -0.25) is 0 Å². The second-order valence-corrected chi connectivity index (χ2v) is 7.59. The van der Waals surface area contributed by atoms with Crippen LogP contribution in [0.1, 0.15) is 37.5 Å². The average Bonchev–Trinajstić information content (AvgIpc) is 2.98. The van der Waals surface area contributed by atoms with E-state index in [-0.39, 0.29) is 5.41 Å². The third-order valence-electron chi connectivity index (χ3n) is 6.07. The van der Waals surface area contributed by atoms with Gasteiger partial charge in [-0.15, -0.1) is 0 Å². The number of hydrogen-bond donors (Lipinski definition) is 0. The van der Waals surface area contributed by atoms with E-state index in [0.29, 0.717) is 5.92 Å². The summed E-state index contributed by atoms with van der Waals surface area (Å²) >= 11 is 0. The third kappa shape index (κ3) is 2.77. The molecule has 27 heavy (non-hydrogen) atoms. The summed E-state index contributed by atoms with van der Waals surface area (Å²) in [6, 6.07) is 33.0. The van der Waals surface area contributed by atoms with Crippen LogP contribution in [0.15, 0.2) is 114 Å². The highest BCUT2D eigenvalue weighted by Gasteiger charge is 2.46. The molecule has 1 unspecified atom stereocenters. The molecule has 0 heteroatoms. The van der Waals surface area contributed by atoms with Crippen molar-refractivity contribution in [1.29, 1.82) is 0 Å². The zero-order valence-electron chi connectivity index (χ0n) is 16.3. The molecule has 4 rings (SSSR count). The Morgan fingerprint density at radius 1 is 0.556 bits per heavy atom. The normalized spacial score (nSPS) is 17.1. The van der Waals surface area contributed by atoms with Crippen LogP contribution in [0.3, 0.4) is 0 Å². The topological polar surface area (TPSA) is 0 Å². The zero-order valence-corrected chi connectivity index (χ0v) is 16.3. The van der Waals surface area contributed by atoms with Gasteiger partial charge in [-0.1, -0.05) is 114 Å². The lowest BCUT2D eigenvalue weighted by Gasteiger charge is -2.43. The van der Waals surface area contributed by atoms with Gasteiger partial charge in [0.05, 0.1) is 5.41 Å². The first-order chi connectivity index (χ1) is 13.2. The SMILES string of the molecule is CC1=CC(C)=C(C)C1C(c1ccccc1)(c1ccccc1)c1ccccc1. The van der Waals surface area contributed by atoms with Gasteiger partial charge in [0.25, 0.3) is 0 Å². The third-order valence-corrected chi connectivity index (χ3v) is 6.07. The minimum absolute atomic E-state index is 0.244. The maximum atomic E-state index is 2.36. The lowest BCUT2D eigenvalue weighted by Crippen LogP contribution is -2.38. The molecular weight excluding hydrogens is 324 g/mol. The molecule has 3 aromatic rings. The summed E-state index contributed by atoms with van der Waals surface area (Å²) in [7, 11) is 0. The van der Waals surface area contributed by atoms with E-state index in [1.165, 1.54) is 33.4 Å². The van der Waals surface area contributed by atoms with Crippen LogP contribution in [0.5, 0.6) is 0 Å². The molecule has 0 spiro atoms. The summed E-state index contributed by atoms with van der Waals surface area (Å²) in [5.41, 5.74) is 8.07. The van der Waals surface area contributed by atoms with E-state index in [0.717, 1.165) is 0 Å². The van der Waals surface area contributed by atoms with Crippen LogP contribution in [-0.4, -0.2) is 0 Å². The highest BCUT2D eigenvalue weighted by Crippen LogP contribution is 2.53. The van der Waals surface area contributed by atoms with Crippen LogP contribution in [0, 0.1) is 5.92 Å². The summed E-state index contributed by atoms with van der Waals surface area (Å²) in [6.07, 6.45) is 2.36. The van der Waals surface area contributed by atoms with Crippen LogP contribution in [0.25, 0.3) is 0 Å². The largest absolute Gasteiger partial charge is 0.0643 e. The van der Waals surface area contributed by atoms with Crippen molar-refractivity contribution in [1.82, 2.24) is 0 Å². The first kappa shape index (κ1) is 17.5. The molecule has 0 fully saturated rings. The van der Waals surface area contributed by atoms with E-state index in [1.807, 2.05) is 0 Å². The van der Waals surface area contributed by atoms with Gasteiger partial charge in [0.2, 0.25) is 0 Å². The number of hydrogen-bond acceptors (Lipinski definition) is 0. The molecule has 0 amide bonds. The smallest absolute Gasteiger partial charge is 0.0553 e. The van der Waals surface area contributed by atoms with Gasteiger partial charge in [-0.2, -0.15) is 0 Å². The summed E-state index contributed by atoms with van der Waals surface area (Å²) in [6.45, 7) is 6.83. The monoisotopic (exact) mass is 350 g/mol. The molecule has 134 valence electrons. The predicted molar refractivity (Wildman–Crippen MR) is 115 cm³/mol. The van der Waals surface area contributed by atoms with E-state index < -0.39 is 0 Å². The van der Waals surface area contributed by atoms with Gasteiger partial charge in [-0.25, -0.2) is 0 Å². The highest BCUT2D eigenvalue weighted by molar-refractivity contribution is 5.58. The molecule has 1 atom stereocenters. The van der Waals surface area contributed by atoms with E-state index in [1.54, 1.807) is 0 Å². The molecule has 1 aliphatic carbocycles. The quantitative estimate of drug-likeness (QED) is 0.447. The number of allylic oxidation sites excluding steroid dienone is 4. The fourth-order valence-corrected chi connectivity index (χ4v) is 4.88. The van der Waals surface area contributed by atoms with Crippen molar-refractivity contribution in [3.05, 3.63) is 130 Å². The number of benzene rings is 3. The van der Waals surface area contributed by atoms with Crippen molar-refractivity contribution in [2.75, 3.05) is 0 Å². The minimum atomic E-state index is -0.244. The molecule has 0 aliphatic heterocycles. The summed E-state index contributed by atoms with van der Waals surface area (Å²) in [5.74, 6) is 0.310. The van der Waals surface area contributed by atoms with Crippen molar-refractivity contribution in [3.63, 3.8) is 0 Å². The Bertz CT molecular complexity index is 879. The lowest BCUT2D eigenvalue weighted by molar-refractivity contribution is 0.486. The highest BCUT2D eigenvalue weighted by atomic mass is 14.5. The standard InChI is InChI=1S/C27H26/c1-20-19-21(2)26(22(20)3)27(23-13-7-4-8-14-23,24-15-9-5-10-16-24)25-17-11-6-12-18-25/h4-19,26H,1-3H3. The molecule has 3 aromatic carbocycles. The van der Waals surface area contributed by atoms with Crippen LogP contribution in [0.4, 0.5) is 0 Å². The Kier molecular flexibility index (Phi) is 4.58. The predicted octanol–water partition coefficient (Wildman–Crippen LogP) is 6.93. The Labute approximate surface area is 162 Å². The Hall–Kier alpha value is -2.86. The van der Waals surface area contributed by atoms with Crippen LogP contribution >= 0.6 is 0 Å². The van der Waals surface area contributed by atoms with E-state index in [2.05, 4.69) is 118 Å². The van der Waals surface area contributed by atoms with Gasteiger partial charge in [-0.05, 0) is 37.5 Å². The van der Waals surface area contributed by atoms with Crippen LogP contribution < -0.4 is 0 Å². The first-order valence-electron chi connectivity index (χ1n) is 9.68. The summed E-state index contributed by atoms with van der Waals surface area (Å²) in [5, 5.41) is 0. The Morgan fingerprint density at radius 2 is 0.926 bits per heavy atom. The van der Waals surface area contributed by atoms with Crippen LogP contribution in [0.2, 0.25) is 0 Å². The second kappa shape index (κ2) is 7.04. The maximum Gasteiger partial charge on any atom is 0.0553 e. The molecule has 0 bridgehead atoms. The Balaban J connectivity index is 2.13. The second-order valence-electron chi connectivity index (χ2n) is 7.59. The first-order valence-corrected chi connectivity index (χ1v) is 9.68. The van der Waals surface area contributed by atoms with Crippen molar-refractivity contribution in [2.45, 2.75) is 26.2 Å². The summed E-state index contributed by atoms with van der Waals surface area (Å²) < 4.78 is 0. The molecule has 0 N–H and O–H groups in total. The Morgan fingerprint density at radius 3 is 1.22 bits per heavy atom. The molecule has 0 radical (unpaired) electrons. The van der Waals surface area contributed by atoms with Gasteiger partial charge < -0.3 is 0 Å². The van der Waals surface area contributed by atoms with Crippen molar-refractivity contribution in [3.8, 4) is 0 Å². The maximum absolute atomic E-state index is 2.36. The van der Waals surface area contributed by atoms with E-state index in [9.17, 15) is 0 Å². The zero-order chi connectivity index (χ0) is 18.9. The van der Waals surface area contributed by atoms with E-state index >= 15 is 0 Å². The summed E-state index contributed by atoms with van der Waals surface area (Å²) in [4.78, 5) is 0. The molecular formula is C27H26. The molecule has 0 heterocycles. The fourth-order valence-electron chi connectivity index (χ4n) is 4.88. The molecule has 1 aliphatic rings. The van der Waals surface area contributed by atoms with Crippen LogP contribution in [-0.2, 0) is 5.41 Å². The molecule has 0 nitrogen and oxygen atoms in total. The minimum Gasteiger partial charge on any atom is -0.0643 e. The van der Waals surface area contributed by atoms with Crippen molar-refractivity contribution in [2.24, 2.45) is 5.92 Å². The molecule has 0 aromatic heterocycles. The average molecular weight is 351 g/mol. The lowest BCUT2D eigenvalue weighted by atomic mass is 9.59. The fraction of sp³-hybridized carbons (Fsp3) is 0.185.